The van der Waals surface area contributed by atoms with E-state index in [0.717, 1.165) is 0 Å². The first-order valence-electron chi connectivity index (χ1n) is 7.11. The zero-order valence-electron chi connectivity index (χ0n) is 13.3. The second-order valence-corrected chi connectivity index (χ2v) is 8.91. The summed E-state index contributed by atoms with van der Waals surface area (Å²) < 4.78 is 79.2. The van der Waals surface area contributed by atoms with Crippen LogP contribution in [0.25, 0.3) is 0 Å². The molecule has 136 valence electrons. The summed E-state index contributed by atoms with van der Waals surface area (Å²) in [5.41, 5.74) is 0.0492. The van der Waals surface area contributed by atoms with Crippen molar-refractivity contribution in [3.05, 3.63) is 54.1 Å². The molecule has 0 aromatic heterocycles. The van der Waals surface area contributed by atoms with Gasteiger partial charge in [0.05, 0.1) is 9.79 Å². The summed E-state index contributed by atoms with van der Waals surface area (Å²) in [5, 5.41) is 0. The van der Waals surface area contributed by atoms with Gasteiger partial charge in [-0.05, 0) is 50.2 Å². The summed E-state index contributed by atoms with van der Waals surface area (Å²) in [5.74, 6) is -2.05. The number of rotatable bonds is 6. The predicted molar refractivity (Wildman–Crippen MR) is 89.1 cm³/mol. The van der Waals surface area contributed by atoms with Gasteiger partial charge in [-0.2, -0.15) is 0 Å². The van der Waals surface area contributed by atoms with E-state index in [1.807, 2.05) is 0 Å². The number of anilines is 1. The minimum atomic E-state index is -4.22. The lowest BCUT2D eigenvalue weighted by atomic mass is 10.3. The Morgan fingerprint density at radius 1 is 0.800 bits per heavy atom. The summed E-state index contributed by atoms with van der Waals surface area (Å²) in [7, 11) is -7.93. The Balaban J connectivity index is 2.26. The molecule has 25 heavy (non-hydrogen) atoms. The van der Waals surface area contributed by atoms with Gasteiger partial charge in [0.2, 0.25) is 10.0 Å². The average molecular weight is 390 g/mol. The van der Waals surface area contributed by atoms with Gasteiger partial charge in [0.25, 0.3) is 10.0 Å². The minimum Gasteiger partial charge on any atom is -0.280 e. The average Bonchev–Trinajstić information content (AvgIpc) is 2.45. The van der Waals surface area contributed by atoms with Crippen molar-refractivity contribution >= 4 is 25.7 Å². The second-order valence-electron chi connectivity index (χ2n) is 5.51. The van der Waals surface area contributed by atoms with Gasteiger partial charge in [-0.1, -0.05) is 0 Å². The van der Waals surface area contributed by atoms with E-state index in [0.29, 0.717) is 18.2 Å². The van der Waals surface area contributed by atoms with Crippen LogP contribution in [-0.2, 0) is 20.0 Å². The molecule has 0 amide bonds. The highest BCUT2D eigenvalue weighted by Gasteiger charge is 2.18. The van der Waals surface area contributed by atoms with Crippen LogP contribution in [0.4, 0.5) is 14.5 Å². The molecule has 0 saturated heterocycles. The van der Waals surface area contributed by atoms with Crippen molar-refractivity contribution in [1.82, 2.24) is 4.72 Å². The molecular weight excluding hydrogens is 374 g/mol. The van der Waals surface area contributed by atoms with E-state index in [9.17, 15) is 25.6 Å². The zero-order valence-corrected chi connectivity index (χ0v) is 15.0. The second kappa shape index (κ2) is 7.06. The quantitative estimate of drug-likeness (QED) is 0.792. The van der Waals surface area contributed by atoms with Crippen LogP contribution >= 0.6 is 0 Å². The molecule has 6 nitrogen and oxygen atoms in total. The maximum absolute atomic E-state index is 13.2. The van der Waals surface area contributed by atoms with E-state index in [1.54, 1.807) is 13.8 Å². The van der Waals surface area contributed by atoms with Crippen molar-refractivity contribution in [2.24, 2.45) is 0 Å². The number of halogens is 2. The molecular formula is C15H16F2N2O4S2. The number of hydrogen-bond acceptors (Lipinski definition) is 4. The van der Waals surface area contributed by atoms with Gasteiger partial charge in [-0.25, -0.2) is 30.3 Å². The van der Waals surface area contributed by atoms with Gasteiger partial charge in [0.1, 0.15) is 11.6 Å². The van der Waals surface area contributed by atoms with Crippen LogP contribution in [0.5, 0.6) is 0 Å². The molecule has 2 rings (SSSR count). The van der Waals surface area contributed by atoms with Gasteiger partial charge in [0.15, 0.2) is 0 Å². The summed E-state index contributed by atoms with van der Waals surface area (Å²) in [4.78, 5) is -0.621. The molecule has 10 heteroatoms. The SMILES string of the molecule is CC(C)NS(=O)(=O)c1ccc(NS(=O)(=O)c2cc(F)cc(F)c2)cc1. The first-order valence-corrected chi connectivity index (χ1v) is 10.1. The van der Waals surface area contributed by atoms with Crippen molar-refractivity contribution < 1.29 is 25.6 Å². The highest BCUT2D eigenvalue weighted by molar-refractivity contribution is 7.92. The highest BCUT2D eigenvalue weighted by atomic mass is 32.2. The van der Waals surface area contributed by atoms with Gasteiger partial charge in [-0.3, -0.25) is 4.72 Å². The van der Waals surface area contributed by atoms with Gasteiger partial charge in [0, 0.05) is 17.8 Å². The normalized spacial score (nSPS) is 12.4. The molecule has 0 atom stereocenters. The van der Waals surface area contributed by atoms with Crippen molar-refractivity contribution in [2.45, 2.75) is 29.7 Å². The van der Waals surface area contributed by atoms with E-state index in [1.165, 1.54) is 24.3 Å². The third kappa shape index (κ3) is 4.97. The highest BCUT2D eigenvalue weighted by Crippen LogP contribution is 2.20. The smallest absolute Gasteiger partial charge is 0.262 e. The maximum atomic E-state index is 13.2. The molecule has 0 spiro atoms. The molecule has 0 saturated carbocycles. The summed E-state index contributed by atoms with van der Waals surface area (Å²) in [6.07, 6.45) is 0. The molecule has 0 bridgehead atoms. The molecule has 2 aromatic carbocycles. The largest absolute Gasteiger partial charge is 0.280 e. The Hall–Kier alpha value is -2.04. The van der Waals surface area contributed by atoms with E-state index in [2.05, 4.69) is 9.44 Å². The van der Waals surface area contributed by atoms with E-state index in [-0.39, 0.29) is 16.6 Å². The third-order valence-corrected chi connectivity index (χ3v) is 5.99. The Kier molecular flexibility index (Phi) is 5.45. The van der Waals surface area contributed by atoms with Crippen LogP contribution in [0.3, 0.4) is 0 Å². The van der Waals surface area contributed by atoms with Crippen LogP contribution in [0.2, 0.25) is 0 Å². The fourth-order valence-corrected chi connectivity index (χ4v) is 4.33. The first kappa shape index (κ1) is 19.3. The molecule has 0 radical (unpaired) electrons. The molecule has 0 fully saturated rings. The Bertz CT molecular complexity index is 953. The third-order valence-electron chi connectivity index (χ3n) is 2.95. The monoisotopic (exact) mass is 390 g/mol. The Morgan fingerprint density at radius 3 is 1.80 bits per heavy atom. The topological polar surface area (TPSA) is 92.3 Å². The predicted octanol–water partition coefficient (Wildman–Crippen LogP) is 2.45. The molecule has 0 aliphatic heterocycles. The number of hydrogen-bond donors (Lipinski definition) is 2. The molecule has 0 heterocycles. The minimum absolute atomic E-state index is 0.0408. The lowest BCUT2D eigenvalue weighted by molar-refractivity contribution is 0.568. The lowest BCUT2D eigenvalue weighted by Gasteiger charge is -2.11. The summed E-state index contributed by atoms with van der Waals surface area (Å²) >= 11 is 0. The summed E-state index contributed by atoms with van der Waals surface area (Å²) in [6, 6.07) is 6.52. The summed E-state index contributed by atoms with van der Waals surface area (Å²) in [6.45, 7) is 3.33. The van der Waals surface area contributed by atoms with E-state index in [4.69, 9.17) is 0 Å². The van der Waals surface area contributed by atoms with Crippen molar-refractivity contribution in [2.75, 3.05) is 4.72 Å². The Morgan fingerprint density at radius 2 is 1.32 bits per heavy atom. The standard InChI is InChI=1S/C15H16F2N2O4S2/c1-10(2)18-24(20,21)14-5-3-13(4-6-14)19-25(22,23)15-8-11(16)7-12(17)9-15/h3-10,18-19H,1-2H3. The molecule has 0 unspecified atom stereocenters. The van der Waals surface area contributed by atoms with Gasteiger partial charge < -0.3 is 0 Å². The number of nitrogens with one attached hydrogen (secondary N) is 2. The van der Waals surface area contributed by atoms with Crippen LogP contribution < -0.4 is 9.44 Å². The number of benzene rings is 2. The lowest BCUT2D eigenvalue weighted by Crippen LogP contribution is -2.30. The van der Waals surface area contributed by atoms with Crippen LogP contribution in [-0.4, -0.2) is 22.9 Å². The molecule has 2 aromatic rings. The van der Waals surface area contributed by atoms with E-state index < -0.39 is 36.6 Å². The zero-order chi connectivity index (χ0) is 18.8. The van der Waals surface area contributed by atoms with E-state index >= 15 is 0 Å². The molecule has 0 aliphatic carbocycles. The van der Waals surface area contributed by atoms with Crippen molar-refractivity contribution in [3.63, 3.8) is 0 Å². The van der Waals surface area contributed by atoms with Crippen LogP contribution in [0, 0.1) is 11.6 Å². The molecule has 0 aliphatic rings. The van der Waals surface area contributed by atoms with Gasteiger partial charge >= 0.3 is 0 Å². The van der Waals surface area contributed by atoms with Gasteiger partial charge in [-0.15, -0.1) is 0 Å². The van der Waals surface area contributed by atoms with Crippen molar-refractivity contribution in [1.29, 1.82) is 0 Å². The first-order chi connectivity index (χ1) is 11.5. The van der Waals surface area contributed by atoms with Crippen molar-refractivity contribution in [3.8, 4) is 0 Å². The van der Waals surface area contributed by atoms with Crippen LogP contribution in [0.1, 0.15) is 13.8 Å². The Labute approximate surface area is 145 Å². The fraction of sp³-hybridized carbons (Fsp3) is 0.200. The number of sulfonamides is 2. The fourth-order valence-electron chi connectivity index (χ4n) is 1.98. The molecule has 2 N–H and O–H groups in total. The maximum Gasteiger partial charge on any atom is 0.262 e. The van der Waals surface area contributed by atoms with Crippen LogP contribution in [0.15, 0.2) is 52.3 Å².